The molecule has 0 N–H and O–H groups in total. The number of fused-ring (bicyclic) bond motifs is 1. The second-order valence-corrected chi connectivity index (χ2v) is 6.79. The molecule has 0 aromatic heterocycles. The lowest BCUT2D eigenvalue weighted by Gasteiger charge is -2.18. The normalized spacial score (nSPS) is 12.4. The van der Waals surface area contributed by atoms with Crippen molar-refractivity contribution in [2.45, 2.75) is 32.6 Å². The van der Waals surface area contributed by atoms with Crippen LogP contribution in [0.4, 0.5) is 0 Å². The van der Waals surface area contributed by atoms with Gasteiger partial charge in [-0.2, -0.15) is 0 Å². The van der Waals surface area contributed by atoms with Crippen molar-refractivity contribution in [1.82, 2.24) is 0 Å². The van der Waals surface area contributed by atoms with Crippen molar-refractivity contribution in [1.29, 1.82) is 0 Å². The SMILES string of the molecule is CCCC(=O)OCCOc1c(-c2ccc3c(c2)CCC3=O)ccc(OC)c1OC. The molecule has 0 spiro atoms. The standard InChI is InChI=1S/C23H26O6/c1-4-5-21(25)28-12-13-29-22-18(9-11-20(26-2)23(22)27-3)16-6-8-17-15(14-16)7-10-19(17)24/h6,8-9,11,14H,4-5,7,10,12-13H2,1-3H3. The molecule has 1 aliphatic carbocycles. The molecule has 0 fully saturated rings. The molecule has 0 bridgehead atoms. The Hall–Kier alpha value is -3.02. The van der Waals surface area contributed by atoms with E-state index in [1.165, 1.54) is 0 Å². The molecule has 0 unspecified atom stereocenters. The number of methoxy groups -OCH3 is 2. The van der Waals surface area contributed by atoms with Crippen molar-refractivity contribution >= 4 is 11.8 Å². The molecule has 0 heterocycles. The first kappa shape index (κ1) is 20.7. The zero-order valence-corrected chi connectivity index (χ0v) is 17.1. The Morgan fingerprint density at radius 1 is 0.966 bits per heavy atom. The predicted octanol–water partition coefficient (Wildman–Crippen LogP) is 4.22. The monoisotopic (exact) mass is 398 g/mol. The number of carbonyl (C=O) groups is 2. The first-order valence-corrected chi connectivity index (χ1v) is 9.79. The highest BCUT2D eigenvalue weighted by Crippen LogP contribution is 2.45. The van der Waals surface area contributed by atoms with Gasteiger partial charge in [-0.25, -0.2) is 0 Å². The van der Waals surface area contributed by atoms with Crippen LogP contribution in [-0.4, -0.2) is 39.2 Å². The lowest BCUT2D eigenvalue weighted by Crippen LogP contribution is -2.12. The predicted molar refractivity (Wildman–Crippen MR) is 109 cm³/mol. The number of carbonyl (C=O) groups excluding carboxylic acids is 2. The number of ketones is 1. The number of ether oxygens (including phenoxy) is 4. The number of rotatable bonds is 9. The fraction of sp³-hybridized carbons (Fsp3) is 0.391. The summed E-state index contributed by atoms with van der Waals surface area (Å²) < 4.78 is 22.1. The van der Waals surface area contributed by atoms with E-state index in [0.29, 0.717) is 30.1 Å². The average Bonchev–Trinajstić information content (AvgIpc) is 3.10. The Balaban J connectivity index is 1.89. The van der Waals surface area contributed by atoms with Crippen LogP contribution >= 0.6 is 0 Å². The van der Waals surface area contributed by atoms with Gasteiger partial charge >= 0.3 is 5.97 Å². The van der Waals surface area contributed by atoms with Gasteiger partial charge in [0.2, 0.25) is 5.75 Å². The maximum absolute atomic E-state index is 11.9. The lowest BCUT2D eigenvalue weighted by molar-refractivity contribution is -0.144. The third-order valence-corrected chi connectivity index (χ3v) is 4.89. The van der Waals surface area contributed by atoms with Crippen molar-refractivity contribution in [3.05, 3.63) is 41.5 Å². The van der Waals surface area contributed by atoms with Gasteiger partial charge < -0.3 is 18.9 Å². The molecule has 2 aromatic carbocycles. The van der Waals surface area contributed by atoms with Gasteiger partial charge in [-0.05, 0) is 36.1 Å². The molecule has 0 atom stereocenters. The molecule has 6 nitrogen and oxygen atoms in total. The number of Topliss-reactive ketones (excluding diaryl/α,β-unsaturated/α-hetero) is 1. The Labute approximate surface area is 170 Å². The highest BCUT2D eigenvalue weighted by Gasteiger charge is 2.22. The maximum Gasteiger partial charge on any atom is 0.305 e. The molecule has 0 saturated heterocycles. The van der Waals surface area contributed by atoms with E-state index in [4.69, 9.17) is 18.9 Å². The van der Waals surface area contributed by atoms with Crippen LogP contribution in [0, 0.1) is 0 Å². The number of hydrogen-bond acceptors (Lipinski definition) is 6. The van der Waals surface area contributed by atoms with E-state index in [1.807, 2.05) is 37.3 Å². The number of aryl methyl sites for hydroxylation is 1. The molecular weight excluding hydrogens is 372 g/mol. The average molecular weight is 398 g/mol. The van der Waals surface area contributed by atoms with Gasteiger partial charge in [0.25, 0.3) is 0 Å². The van der Waals surface area contributed by atoms with Crippen molar-refractivity contribution in [2.24, 2.45) is 0 Å². The van der Waals surface area contributed by atoms with Crippen LogP contribution in [0.2, 0.25) is 0 Å². The van der Waals surface area contributed by atoms with Crippen molar-refractivity contribution in [3.8, 4) is 28.4 Å². The minimum absolute atomic E-state index is 0.150. The number of hydrogen-bond donors (Lipinski definition) is 0. The number of benzene rings is 2. The Bertz CT molecular complexity index is 902. The summed E-state index contributed by atoms with van der Waals surface area (Å²) in [4.78, 5) is 23.5. The van der Waals surface area contributed by atoms with E-state index in [0.717, 1.165) is 35.1 Å². The van der Waals surface area contributed by atoms with Crippen LogP contribution in [0.5, 0.6) is 17.2 Å². The van der Waals surface area contributed by atoms with Crippen LogP contribution in [0.15, 0.2) is 30.3 Å². The molecule has 29 heavy (non-hydrogen) atoms. The molecule has 0 aliphatic heterocycles. The smallest absolute Gasteiger partial charge is 0.305 e. The molecule has 0 amide bonds. The molecule has 6 heteroatoms. The molecule has 154 valence electrons. The summed E-state index contributed by atoms with van der Waals surface area (Å²) in [7, 11) is 3.12. The first-order chi connectivity index (χ1) is 14.1. The van der Waals surface area contributed by atoms with Crippen LogP contribution in [0.25, 0.3) is 11.1 Å². The third-order valence-electron chi connectivity index (χ3n) is 4.89. The highest BCUT2D eigenvalue weighted by molar-refractivity contribution is 6.01. The summed E-state index contributed by atoms with van der Waals surface area (Å²) in [5, 5.41) is 0. The van der Waals surface area contributed by atoms with E-state index in [-0.39, 0.29) is 25.0 Å². The second-order valence-electron chi connectivity index (χ2n) is 6.79. The minimum atomic E-state index is -0.239. The van der Waals surface area contributed by atoms with E-state index in [1.54, 1.807) is 14.2 Å². The van der Waals surface area contributed by atoms with Crippen LogP contribution < -0.4 is 14.2 Å². The van der Waals surface area contributed by atoms with Crippen molar-refractivity contribution in [3.63, 3.8) is 0 Å². The van der Waals surface area contributed by atoms with Gasteiger partial charge in [0.15, 0.2) is 17.3 Å². The summed E-state index contributed by atoms with van der Waals surface area (Å²) in [6, 6.07) is 9.53. The minimum Gasteiger partial charge on any atom is -0.493 e. The lowest BCUT2D eigenvalue weighted by atomic mass is 9.99. The van der Waals surface area contributed by atoms with E-state index in [2.05, 4.69) is 0 Å². The molecule has 1 aliphatic rings. The van der Waals surface area contributed by atoms with Gasteiger partial charge in [-0.15, -0.1) is 0 Å². The molecule has 3 rings (SSSR count). The fourth-order valence-corrected chi connectivity index (χ4v) is 3.47. The second kappa shape index (κ2) is 9.45. The summed E-state index contributed by atoms with van der Waals surface area (Å²) in [5.41, 5.74) is 3.59. The van der Waals surface area contributed by atoms with Crippen molar-refractivity contribution < 1.29 is 28.5 Å². The Morgan fingerprint density at radius 2 is 1.76 bits per heavy atom. The van der Waals surface area contributed by atoms with Crippen LogP contribution in [0.1, 0.15) is 42.1 Å². The topological polar surface area (TPSA) is 71.1 Å². The third kappa shape index (κ3) is 4.53. The van der Waals surface area contributed by atoms with Crippen molar-refractivity contribution in [2.75, 3.05) is 27.4 Å². The molecule has 2 aromatic rings. The van der Waals surface area contributed by atoms with Crippen LogP contribution in [0.3, 0.4) is 0 Å². The van der Waals surface area contributed by atoms with E-state index in [9.17, 15) is 9.59 Å². The molecule has 0 radical (unpaired) electrons. The summed E-state index contributed by atoms with van der Waals surface area (Å²) in [6.45, 7) is 2.27. The summed E-state index contributed by atoms with van der Waals surface area (Å²) in [6.07, 6.45) is 2.44. The highest BCUT2D eigenvalue weighted by atomic mass is 16.6. The molecular formula is C23H26O6. The van der Waals surface area contributed by atoms with Gasteiger partial charge in [-0.1, -0.05) is 25.1 Å². The zero-order valence-electron chi connectivity index (χ0n) is 17.1. The Kier molecular flexibility index (Phi) is 6.75. The van der Waals surface area contributed by atoms with E-state index >= 15 is 0 Å². The van der Waals surface area contributed by atoms with Gasteiger partial charge in [0.1, 0.15) is 13.2 Å². The van der Waals surface area contributed by atoms with Crippen LogP contribution in [-0.2, 0) is 16.0 Å². The quantitative estimate of drug-likeness (QED) is 0.465. The zero-order chi connectivity index (χ0) is 20.8. The maximum atomic E-state index is 11.9. The fourth-order valence-electron chi connectivity index (χ4n) is 3.47. The first-order valence-electron chi connectivity index (χ1n) is 9.79. The number of esters is 1. The van der Waals surface area contributed by atoms with Gasteiger partial charge in [0, 0.05) is 24.0 Å². The molecule has 0 saturated carbocycles. The summed E-state index contributed by atoms with van der Waals surface area (Å²) in [5.74, 6) is 1.48. The Morgan fingerprint density at radius 3 is 2.48 bits per heavy atom. The largest absolute Gasteiger partial charge is 0.493 e. The summed E-state index contributed by atoms with van der Waals surface area (Å²) >= 11 is 0. The van der Waals surface area contributed by atoms with Gasteiger partial charge in [0.05, 0.1) is 14.2 Å². The van der Waals surface area contributed by atoms with Gasteiger partial charge in [-0.3, -0.25) is 9.59 Å². The van der Waals surface area contributed by atoms with E-state index < -0.39 is 0 Å².